The first-order valence-electron chi connectivity index (χ1n) is 7.34. The number of thiazole rings is 1. The van der Waals surface area contributed by atoms with E-state index in [1.54, 1.807) is 24.5 Å². The van der Waals surface area contributed by atoms with Gasteiger partial charge in [0.05, 0.1) is 23.5 Å². The van der Waals surface area contributed by atoms with E-state index >= 15 is 0 Å². The molecule has 0 aliphatic rings. The molecule has 1 N–H and O–H groups in total. The molecule has 1 amide bonds. The number of amides is 1. The first kappa shape index (κ1) is 16.5. The summed E-state index contributed by atoms with van der Waals surface area (Å²) in [5.41, 5.74) is 1.80. The van der Waals surface area contributed by atoms with Crippen LogP contribution in [0.3, 0.4) is 0 Å². The van der Waals surface area contributed by atoms with Crippen LogP contribution >= 0.6 is 22.9 Å². The summed E-state index contributed by atoms with van der Waals surface area (Å²) in [7, 11) is 0. The zero-order valence-electron chi connectivity index (χ0n) is 13.0. The number of hydrogen-bond acceptors (Lipinski definition) is 4. The monoisotopic (exact) mass is 358 g/mol. The van der Waals surface area contributed by atoms with E-state index < -0.39 is 0 Å². The lowest BCUT2D eigenvalue weighted by Gasteiger charge is -2.00. The van der Waals surface area contributed by atoms with Crippen molar-refractivity contribution < 1.29 is 9.21 Å². The zero-order chi connectivity index (χ0) is 16.9. The molecular weight excluding hydrogens is 344 g/mol. The summed E-state index contributed by atoms with van der Waals surface area (Å²) in [6.07, 6.45) is 4.64. The normalized spacial score (nSPS) is 11.1. The first-order chi connectivity index (χ1) is 11.6. The highest BCUT2D eigenvalue weighted by Gasteiger charge is 2.12. The maximum absolute atomic E-state index is 11.9. The molecule has 0 bridgehead atoms. The molecular formula is C18H15ClN2O2S. The minimum absolute atomic E-state index is 0.182. The Kier molecular flexibility index (Phi) is 5.13. The summed E-state index contributed by atoms with van der Waals surface area (Å²) in [6, 6.07) is 11.2. The Morgan fingerprint density at radius 3 is 2.92 bits per heavy atom. The Bertz CT molecular complexity index is 869. The third-order valence-electron chi connectivity index (χ3n) is 3.36. The minimum Gasteiger partial charge on any atom is -0.465 e. The van der Waals surface area contributed by atoms with E-state index in [4.69, 9.17) is 16.0 Å². The molecule has 0 spiro atoms. The molecule has 4 nitrogen and oxygen atoms in total. The predicted octanol–water partition coefficient (Wildman–Crippen LogP) is 4.69. The number of furan rings is 1. The van der Waals surface area contributed by atoms with Crippen molar-refractivity contribution in [3.05, 3.63) is 70.1 Å². The fraction of sp³-hybridized carbons (Fsp3) is 0.111. The van der Waals surface area contributed by atoms with Crippen molar-refractivity contribution in [2.45, 2.75) is 13.5 Å². The molecule has 0 aliphatic heterocycles. The lowest BCUT2D eigenvalue weighted by Crippen LogP contribution is -2.20. The van der Waals surface area contributed by atoms with E-state index in [9.17, 15) is 4.79 Å². The summed E-state index contributed by atoms with van der Waals surface area (Å²) in [5.74, 6) is 0.457. The topological polar surface area (TPSA) is 55.1 Å². The molecule has 3 rings (SSSR count). The smallest absolute Gasteiger partial charge is 0.244 e. The molecule has 0 radical (unpaired) electrons. The van der Waals surface area contributed by atoms with Gasteiger partial charge in [-0.2, -0.15) is 0 Å². The Balaban J connectivity index is 1.66. The van der Waals surface area contributed by atoms with Crippen molar-refractivity contribution in [2.24, 2.45) is 0 Å². The molecule has 0 saturated heterocycles. The molecule has 1 aromatic carbocycles. The second-order valence-corrected chi connectivity index (χ2v) is 6.56. The van der Waals surface area contributed by atoms with E-state index in [1.165, 1.54) is 17.4 Å². The van der Waals surface area contributed by atoms with Gasteiger partial charge in [0.25, 0.3) is 0 Å². The van der Waals surface area contributed by atoms with Crippen LogP contribution in [-0.2, 0) is 11.3 Å². The van der Waals surface area contributed by atoms with Gasteiger partial charge in [-0.1, -0.05) is 29.8 Å². The van der Waals surface area contributed by atoms with Crippen LogP contribution in [0.15, 0.2) is 53.2 Å². The van der Waals surface area contributed by atoms with Crippen LogP contribution in [0.1, 0.15) is 16.3 Å². The van der Waals surface area contributed by atoms with Crippen LogP contribution in [-0.4, -0.2) is 10.9 Å². The maximum Gasteiger partial charge on any atom is 0.244 e. The van der Waals surface area contributed by atoms with Crippen LogP contribution in [0.25, 0.3) is 16.6 Å². The van der Waals surface area contributed by atoms with Gasteiger partial charge in [0.15, 0.2) is 0 Å². The van der Waals surface area contributed by atoms with E-state index in [0.29, 0.717) is 17.3 Å². The van der Waals surface area contributed by atoms with Crippen LogP contribution in [0.2, 0.25) is 5.02 Å². The second kappa shape index (κ2) is 7.47. The Hall–Kier alpha value is -2.37. The largest absolute Gasteiger partial charge is 0.465 e. The average molecular weight is 359 g/mol. The molecule has 3 aromatic rings. The van der Waals surface area contributed by atoms with Crippen LogP contribution in [0.5, 0.6) is 0 Å². The molecule has 6 heteroatoms. The van der Waals surface area contributed by atoms with E-state index in [1.807, 2.05) is 31.2 Å². The van der Waals surface area contributed by atoms with E-state index in [2.05, 4.69) is 10.3 Å². The third kappa shape index (κ3) is 3.93. The van der Waals surface area contributed by atoms with Crippen molar-refractivity contribution in [1.29, 1.82) is 0 Å². The van der Waals surface area contributed by atoms with Crippen molar-refractivity contribution in [3.63, 3.8) is 0 Å². The lowest BCUT2D eigenvalue weighted by atomic mass is 10.2. The van der Waals surface area contributed by atoms with Gasteiger partial charge in [0.2, 0.25) is 5.91 Å². The molecule has 2 heterocycles. The number of hydrogen-bond donors (Lipinski definition) is 1. The van der Waals surface area contributed by atoms with Gasteiger partial charge < -0.3 is 9.73 Å². The summed E-state index contributed by atoms with van der Waals surface area (Å²) < 4.78 is 5.14. The van der Waals surface area contributed by atoms with Crippen LogP contribution < -0.4 is 5.32 Å². The molecule has 0 aliphatic carbocycles. The van der Waals surface area contributed by atoms with Crippen LogP contribution in [0, 0.1) is 6.92 Å². The van der Waals surface area contributed by atoms with Gasteiger partial charge in [-0.3, -0.25) is 4.79 Å². The predicted molar refractivity (Wildman–Crippen MR) is 96.9 cm³/mol. The summed E-state index contributed by atoms with van der Waals surface area (Å²) in [6.45, 7) is 2.35. The summed E-state index contributed by atoms with van der Waals surface area (Å²) in [4.78, 5) is 17.4. The van der Waals surface area contributed by atoms with Crippen molar-refractivity contribution >= 4 is 34.9 Å². The molecule has 122 valence electrons. The van der Waals surface area contributed by atoms with E-state index in [-0.39, 0.29) is 5.91 Å². The number of benzene rings is 1. The third-order valence-corrected chi connectivity index (χ3v) is 4.88. The minimum atomic E-state index is -0.182. The molecule has 0 saturated carbocycles. The summed E-state index contributed by atoms with van der Waals surface area (Å²) >= 11 is 7.75. The number of aromatic nitrogens is 1. The van der Waals surface area contributed by atoms with Gasteiger partial charge >= 0.3 is 0 Å². The number of aryl methyl sites for hydroxylation is 1. The number of rotatable bonds is 5. The number of nitrogens with zero attached hydrogens (tertiary/aromatic N) is 1. The highest BCUT2D eigenvalue weighted by atomic mass is 35.5. The zero-order valence-corrected chi connectivity index (χ0v) is 14.5. The first-order valence-corrected chi connectivity index (χ1v) is 8.53. The van der Waals surface area contributed by atoms with Gasteiger partial charge in [0.1, 0.15) is 10.8 Å². The molecule has 0 fully saturated rings. The number of halogens is 1. The molecule has 24 heavy (non-hydrogen) atoms. The van der Waals surface area contributed by atoms with E-state index in [0.717, 1.165) is 21.1 Å². The Morgan fingerprint density at radius 1 is 1.33 bits per heavy atom. The van der Waals surface area contributed by atoms with Crippen molar-refractivity contribution in [2.75, 3.05) is 0 Å². The quantitative estimate of drug-likeness (QED) is 0.673. The molecule has 0 unspecified atom stereocenters. The van der Waals surface area contributed by atoms with Crippen molar-refractivity contribution in [3.8, 4) is 10.6 Å². The highest BCUT2D eigenvalue weighted by molar-refractivity contribution is 7.15. The Morgan fingerprint density at radius 2 is 2.17 bits per heavy atom. The fourth-order valence-electron chi connectivity index (χ4n) is 2.11. The number of carbonyl (C=O) groups is 1. The van der Waals surface area contributed by atoms with Gasteiger partial charge in [0, 0.05) is 16.5 Å². The van der Waals surface area contributed by atoms with Crippen molar-refractivity contribution in [1.82, 2.24) is 10.3 Å². The average Bonchev–Trinajstić information content (AvgIpc) is 3.21. The van der Waals surface area contributed by atoms with Crippen LogP contribution in [0.4, 0.5) is 0 Å². The standard InChI is InChI=1S/C18H15ClN2O2S/c1-12-16(11-20-17(22)9-8-13-5-4-10-23-13)24-18(21-12)14-6-2-3-7-15(14)19/h2-10H,11H2,1H3,(H,20,22)/b9-8+. The Labute approximate surface area is 148 Å². The SMILES string of the molecule is Cc1nc(-c2ccccc2Cl)sc1CNC(=O)/C=C/c1ccco1. The molecule has 0 atom stereocenters. The van der Waals surface area contributed by atoms with Gasteiger partial charge in [-0.05, 0) is 31.2 Å². The van der Waals surface area contributed by atoms with Gasteiger partial charge in [-0.25, -0.2) is 4.98 Å². The highest BCUT2D eigenvalue weighted by Crippen LogP contribution is 2.32. The number of carbonyl (C=O) groups excluding carboxylic acids is 1. The number of nitrogens with one attached hydrogen (secondary N) is 1. The fourth-order valence-corrected chi connectivity index (χ4v) is 3.44. The second-order valence-electron chi connectivity index (χ2n) is 5.07. The van der Waals surface area contributed by atoms with Gasteiger partial charge in [-0.15, -0.1) is 11.3 Å². The molecule has 2 aromatic heterocycles. The summed E-state index contributed by atoms with van der Waals surface area (Å²) in [5, 5.41) is 4.38. The lowest BCUT2D eigenvalue weighted by molar-refractivity contribution is -0.116. The maximum atomic E-state index is 11.9.